The second kappa shape index (κ2) is 12.5. The monoisotopic (exact) mass is 336 g/mol. The Hall–Kier alpha value is -0.580. The lowest BCUT2D eigenvalue weighted by atomic mass is 9.96. The number of ether oxygens (including phenoxy) is 2. The lowest BCUT2D eigenvalue weighted by Gasteiger charge is -2.13. The van der Waals surface area contributed by atoms with Crippen molar-refractivity contribution in [3.63, 3.8) is 0 Å². The van der Waals surface area contributed by atoms with Gasteiger partial charge in [0.1, 0.15) is 0 Å². The molecular formula is C14H25BrO4. The van der Waals surface area contributed by atoms with Crippen LogP contribution in [0.1, 0.15) is 51.4 Å². The number of rotatable bonds is 11. The SMILES string of the molecule is COC(=O)CCCCCC[C@@H](CCCBr)C(=O)OC. The zero-order chi connectivity index (χ0) is 14.5. The van der Waals surface area contributed by atoms with Gasteiger partial charge in [-0.3, -0.25) is 9.59 Å². The first-order valence-corrected chi connectivity index (χ1v) is 7.98. The molecule has 0 heterocycles. The maximum absolute atomic E-state index is 11.6. The lowest BCUT2D eigenvalue weighted by molar-refractivity contribution is -0.146. The highest BCUT2D eigenvalue weighted by Gasteiger charge is 2.17. The Labute approximate surface area is 124 Å². The van der Waals surface area contributed by atoms with E-state index < -0.39 is 0 Å². The second-order valence-corrected chi connectivity index (χ2v) is 5.37. The topological polar surface area (TPSA) is 52.6 Å². The van der Waals surface area contributed by atoms with Crippen molar-refractivity contribution in [2.24, 2.45) is 5.92 Å². The standard InChI is InChI=1S/C14H25BrO4/c1-18-13(16)10-6-4-3-5-8-12(9-7-11-15)14(17)19-2/h12H,3-11H2,1-2H3/t12-/m0/s1. The summed E-state index contributed by atoms with van der Waals surface area (Å²) in [5.74, 6) is -0.233. The molecule has 0 aliphatic rings. The number of unbranched alkanes of at least 4 members (excludes halogenated alkanes) is 3. The summed E-state index contributed by atoms with van der Waals surface area (Å²) in [5, 5.41) is 0.916. The Morgan fingerprint density at radius 2 is 1.58 bits per heavy atom. The third kappa shape index (κ3) is 9.93. The van der Waals surface area contributed by atoms with Gasteiger partial charge in [-0.15, -0.1) is 0 Å². The fourth-order valence-corrected chi connectivity index (χ4v) is 2.31. The van der Waals surface area contributed by atoms with Gasteiger partial charge in [-0.1, -0.05) is 35.2 Å². The van der Waals surface area contributed by atoms with Crippen LogP contribution in [0.5, 0.6) is 0 Å². The molecule has 5 heteroatoms. The number of hydrogen-bond acceptors (Lipinski definition) is 4. The number of hydrogen-bond donors (Lipinski definition) is 0. The Bertz CT molecular complexity index is 256. The van der Waals surface area contributed by atoms with Gasteiger partial charge in [-0.05, 0) is 25.7 Å². The predicted octanol–water partition coefficient (Wildman–Crippen LogP) is 3.46. The van der Waals surface area contributed by atoms with Crippen molar-refractivity contribution in [1.82, 2.24) is 0 Å². The van der Waals surface area contributed by atoms with Gasteiger partial charge in [0.2, 0.25) is 0 Å². The summed E-state index contributed by atoms with van der Waals surface area (Å²) in [4.78, 5) is 22.5. The van der Waals surface area contributed by atoms with Crippen molar-refractivity contribution >= 4 is 27.9 Å². The number of methoxy groups -OCH3 is 2. The van der Waals surface area contributed by atoms with Gasteiger partial charge in [-0.25, -0.2) is 0 Å². The first-order valence-electron chi connectivity index (χ1n) is 6.86. The largest absolute Gasteiger partial charge is 0.469 e. The first-order chi connectivity index (χ1) is 9.15. The Balaban J connectivity index is 3.68. The summed E-state index contributed by atoms with van der Waals surface area (Å²) in [6, 6.07) is 0. The van der Waals surface area contributed by atoms with Gasteiger partial charge in [0.05, 0.1) is 20.1 Å². The molecule has 0 saturated carbocycles. The molecule has 0 spiro atoms. The minimum Gasteiger partial charge on any atom is -0.469 e. The number of carbonyl (C=O) groups is 2. The average Bonchev–Trinajstić information content (AvgIpc) is 2.44. The molecule has 0 aliphatic carbocycles. The highest BCUT2D eigenvalue weighted by atomic mass is 79.9. The van der Waals surface area contributed by atoms with Crippen molar-refractivity contribution in [1.29, 1.82) is 0 Å². The Morgan fingerprint density at radius 1 is 0.947 bits per heavy atom. The molecule has 0 saturated heterocycles. The van der Waals surface area contributed by atoms with Crippen LogP contribution in [0.3, 0.4) is 0 Å². The molecule has 1 atom stereocenters. The minimum absolute atomic E-state index is 0.0168. The van der Waals surface area contributed by atoms with Crippen molar-refractivity contribution in [3.05, 3.63) is 0 Å². The van der Waals surface area contributed by atoms with Crippen LogP contribution in [0.4, 0.5) is 0 Å². The third-order valence-corrected chi connectivity index (χ3v) is 3.69. The van der Waals surface area contributed by atoms with Gasteiger partial charge < -0.3 is 9.47 Å². The van der Waals surface area contributed by atoms with Crippen LogP contribution in [0, 0.1) is 5.92 Å². The van der Waals surface area contributed by atoms with E-state index in [0.717, 1.165) is 50.3 Å². The molecule has 0 aromatic heterocycles. The van der Waals surface area contributed by atoms with Gasteiger partial charge in [0, 0.05) is 11.8 Å². The molecular weight excluding hydrogens is 312 g/mol. The van der Waals surface area contributed by atoms with Crippen molar-refractivity contribution in [2.75, 3.05) is 19.5 Å². The van der Waals surface area contributed by atoms with Gasteiger partial charge in [0.15, 0.2) is 0 Å². The molecule has 0 N–H and O–H groups in total. The summed E-state index contributed by atoms with van der Waals surface area (Å²) >= 11 is 3.38. The molecule has 19 heavy (non-hydrogen) atoms. The summed E-state index contributed by atoms with van der Waals surface area (Å²) < 4.78 is 9.40. The zero-order valence-electron chi connectivity index (χ0n) is 12.0. The van der Waals surface area contributed by atoms with Crippen LogP contribution in [-0.4, -0.2) is 31.5 Å². The summed E-state index contributed by atoms with van der Waals surface area (Å²) in [6.45, 7) is 0. The third-order valence-electron chi connectivity index (χ3n) is 3.13. The van der Waals surface area contributed by atoms with E-state index in [9.17, 15) is 9.59 Å². The predicted molar refractivity (Wildman–Crippen MR) is 78.3 cm³/mol. The molecule has 0 unspecified atom stereocenters. The number of esters is 2. The van der Waals surface area contributed by atoms with E-state index in [1.807, 2.05) is 0 Å². The van der Waals surface area contributed by atoms with E-state index in [2.05, 4.69) is 20.7 Å². The maximum Gasteiger partial charge on any atom is 0.308 e. The summed E-state index contributed by atoms with van der Waals surface area (Å²) in [5.41, 5.74) is 0. The number of carbonyl (C=O) groups excluding carboxylic acids is 2. The van der Waals surface area contributed by atoms with Crippen molar-refractivity contribution in [2.45, 2.75) is 51.4 Å². The van der Waals surface area contributed by atoms with E-state index in [1.165, 1.54) is 14.2 Å². The molecule has 0 aliphatic heterocycles. The fourth-order valence-electron chi connectivity index (χ4n) is 1.99. The van der Waals surface area contributed by atoms with Crippen molar-refractivity contribution < 1.29 is 19.1 Å². The Morgan fingerprint density at radius 3 is 2.16 bits per heavy atom. The van der Waals surface area contributed by atoms with Crippen molar-refractivity contribution in [3.8, 4) is 0 Å². The molecule has 0 fully saturated rings. The van der Waals surface area contributed by atoms with E-state index >= 15 is 0 Å². The molecule has 0 bridgehead atoms. The van der Waals surface area contributed by atoms with E-state index in [-0.39, 0.29) is 17.9 Å². The van der Waals surface area contributed by atoms with Crippen LogP contribution in [0.15, 0.2) is 0 Å². The van der Waals surface area contributed by atoms with E-state index in [1.54, 1.807) is 0 Å². The number of alkyl halides is 1. The lowest BCUT2D eigenvalue weighted by Crippen LogP contribution is -2.16. The summed E-state index contributed by atoms with van der Waals surface area (Å²) in [6.07, 6.45) is 7.13. The smallest absolute Gasteiger partial charge is 0.308 e. The molecule has 0 amide bonds. The minimum atomic E-state index is -0.148. The maximum atomic E-state index is 11.6. The molecule has 112 valence electrons. The van der Waals surface area contributed by atoms with Gasteiger partial charge in [-0.2, -0.15) is 0 Å². The normalized spacial score (nSPS) is 11.9. The van der Waals surface area contributed by atoms with Gasteiger partial charge in [0.25, 0.3) is 0 Å². The quantitative estimate of drug-likeness (QED) is 0.329. The fraction of sp³-hybridized carbons (Fsp3) is 0.857. The summed E-state index contributed by atoms with van der Waals surface area (Å²) in [7, 11) is 2.85. The zero-order valence-corrected chi connectivity index (χ0v) is 13.5. The van der Waals surface area contributed by atoms with Crippen LogP contribution in [-0.2, 0) is 19.1 Å². The molecule has 0 aromatic carbocycles. The highest BCUT2D eigenvalue weighted by Crippen LogP contribution is 2.18. The molecule has 0 aromatic rings. The first kappa shape index (κ1) is 18.4. The van der Waals surface area contributed by atoms with E-state index in [4.69, 9.17) is 4.74 Å². The van der Waals surface area contributed by atoms with Crippen LogP contribution >= 0.6 is 15.9 Å². The van der Waals surface area contributed by atoms with E-state index in [0.29, 0.717) is 6.42 Å². The van der Waals surface area contributed by atoms with Crippen LogP contribution in [0.25, 0.3) is 0 Å². The van der Waals surface area contributed by atoms with Crippen LogP contribution < -0.4 is 0 Å². The van der Waals surface area contributed by atoms with Gasteiger partial charge >= 0.3 is 11.9 Å². The molecule has 0 rings (SSSR count). The Kier molecular flexibility index (Phi) is 12.1. The molecule has 4 nitrogen and oxygen atoms in total. The average molecular weight is 337 g/mol. The highest BCUT2D eigenvalue weighted by molar-refractivity contribution is 9.09. The molecule has 0 radical (unpaired) electrons. The second-order valence-electron chi connectivity index (χ2n) is 4.58. The van der Waals surface area contributed by atoms with Crippen LogP contribution in [0.2, 0.25) is 0 Å². The number of halogens is 1.